The van der Waals surface area contributed by atoms with E-state index >= 15 is 0 Å². The first-order valence-electron chi connectivity index (χ1n) is 11.2. The number of hydrogen-bond donors (Lipinski definition) is 2. The third kappa shape index (κ3) is 4.39. The Labute approximate surface area is 190 Å². The number of tetrazole rings is 1. The minimum absolute atomic E-state index is 0.157. The second kappa shape index (κ2) is 9.16. The van der Waals surface area contributed by atoms with Crippen LogP contribution in [-0.4, -0.2) is 62.4 Å². The summed E-state index contributed by atoms with van der Waals surface area (Å²) in [5.41, 5.74) is 1.20. The van der Waals surface area contributed by atoms with Crippen molar-refractivity contribution in [2.24, 2.45) is 0 Å². The third-order valence-electron chi connectivity index (χ3n) is 5.91. The van der Waals surface area contributed by atoms with Gasteiger partial charge in [0.25, 0.3) is 5.56 Å². The number of furan rings is 1. The monoisotopic (exact) mass is 449 g/mol. The van der Waals surface area contributed by atoms with Gasteiger partial charge in [-0.25, -0.2) is 4.68 Å². The van der Waals surface area contributed by atoms with Crippen molar-refractivity contribution < 1.29 is 9.15 Å². The number of piperazine rings is 1. The highest BCUT2D eigenvalue weighted by Crippen LogP contribution is 2.29. The highest BCUT2D eigenvalue weighted by molar-refractivity contribution is 5.80. The lowest BCUT2D eigenvalue weighted by Gasteiger charge is -2.37. The zero-order chi connectivity index (χ0) is 22.8. The average molecular weight is 450 g/mol. The van der Waals surface area contributed by atoms with Crippen LogP contribution in [0.5, 0.6) is 5.75 Å². The normalized spacial score (nSPS) is 17.9. The highest BCUT2D eigenvalue weighted by atomic mass is 16.5. The number of aromatic nitrogens is 5. The van der Waals surface area contributed by atoms with Crippen molar-refractivity contribution in [3.8, 4) is 5.75 Å². The molecule has 33 heavy (non-hydrogen) atoms. The maximum absolute atomic E-state index is 13.3. The second-order valence-electron chi connectivity index (χ2n) is 8.26. The minimum atomic E-state index is -0.414. The van der Waals surface area contributed by atoms with Crippen LogP contribution in [0.1, 0.15) is 37.0 Å². The van der Waals surface area contributed by atoms with Crippen LogP contribution in [0.3, 0.4) is 0 Å². The Balaban J connectivity index is 1.62. The summed E-state index contributed by atoms with van der Waals surface area (Å²) in [5, 5.41) is 16.9. The lowest BCUT2D eigenvalue weighted by atomic mass is 10.0. The zero-order valence-electron chi connectivity index (χ0n) is 18.7. The molecule has 0 saturated carbocycles. The standard InChI is InChI=1S/C23H27N7O3/c1-3-32-17-6-7-20-16(11-17)12-19(23(31)25-20)21(29-9-8-24-15(2)13-29)22-26-27-28-30(22)14-18-5-4-10-33-18/h4-7,10-12,15,21,24H,3,8-9,13-14H2,1-2H3,(H,25,31). The van der Waals surface area contributed by atoms with Gasteiger partial charge in [-0.15, -0.1) is 5.10 Å². The number of pyridine rings is 1. The number of aromatic amines is 1. The molecule has 4 heterocycles. The Hall–Kier alpha value is -3.50. The Morgan fingerprint density at radius 3 is 3.00 bits per heavy atom. The molecule has 1 aromatic carbocycles. The van der Waals surface area contributed by atoms with Gasteiger partial charge in [0.1, 0.15) is 24.1 Å². The van der Waals surface area contributed by atoms with E-state index in [1.807, 2.05) is 43.3 Å². The van der Waals surface area contributed by atoms with E-state index in [1.165, 1.54) is 0 Å². The van der Waals surface area contributed by atoms with Gasteiger partial charge in [0.15, 0.2) is 5.82 Å². The van der Waals surface area contributed by atoms with Crippen molar-refractivity contribution >= 4 is 10.9 Å². The van der Waals surface area contributed by atoms with Crippen molar-refractivity contribution in [1.29, 1.82) is 0 Å². The van der Waals surface area contributed by atoms with E-state index < -0.39 is 6.04 Å². The van der Waals surface area contributed by atoms with Crippen LogP contribution in [0, 0.1) is 0 Å². The molecule has 172 valence electrons. The topological polar surface area (TPSA) is 114 Å². The summed E-state index contributed by atoms with van der Waals surface area (Å²) in [6, 6.07) is 11.2. The van der Waals surface area contributed by atoms with Gasteiger partial charge in [-0.2, -0.15) is 0 Å². The first-order chi connectivity index (χ1) is 16.1. The van der Waals surface area contributed by atoms with E-state index in [9.17, 15) is 4.79 Å². The Bertz CT molecular complexity index is 1280. The van der Waals surface area contributed by atoms with E-state index in [4.69, 9.17) is 9.15 Å². The van der Waals surface area contributed by atoms with Gasteiger partial charge in [-0.05, 0) is 60.7 Å². The lowest BCUT2D eigenvalue weighted by molar-refractivity contribution is 0.160. The van der Waals surface area contributed by atoms with Gasteiger partial charge < -0.3 is 19.5 Å². The molecule has 0 radical (unpaired) electrons. The zero-order valence-corrected chi connectivity index (χ0v) is 18.7. The van der Waals surface area contributed by atoms with Crippen molar-refractivity contribution in [3.63, 3.8) is 0 Å². The highest BCUT2D eigenvalue weighted by Gasteiger charge is 2.33. The lowest BCUT2D eigenvalue weighted by Crippen LogP contribution is -2.51. The largest absolute Gasteiger partial charge is 0.494 e. The summed E-state index contributed by atoms with van der Waals surface area (Å²) in [4.78, 5) is 18.6. The summed E-state index contributed by atoms with van der Waals surface area (Å²) < 4.78 is 12.9. The van der Waals surface area contributed by atoms with Crippen LogP contribution in [0.4, 0.5) is 0 Å². The van der Waals surface area contributed by atoms with E-state index in [0.29, 0.717) is 24.5 Å². The molecule has 0 bridgehead atoms. The second-order valence-corrected chi connectivity index (χ2v) is 8.26. The maximum atomic E-state index is 13.3. The number of benzene rings is 1. The fourth-order valence-corrected chi connectivity index (χ4v) is 4.43. The van der Waals surface area contributed by atoms with Crippen LogP contribution in [0.15, 0.2) is 51.9 Å². The molecule has 2 N–H and O–H groups in total. The van der Waals surface area contributed by atoms with E-state index in [1.54, 1.807) is 10.9 Å². The predicted octanol–water partition coefficient (Wildman–Crippen LogP) is 1.94. The minimum Gasteiger partial charge on any atom is -0.494 e. The molecule has 2 atom stereocenters. The van der Waals surface area contributed by atoms with Crippen LogP contribution in [-0.2, 0) is 6.54 Å². The Morgan fingerprint density at radius 2 is 2.21 bits per heavy atom. The molecular weight excluding hydrogens is 422 g/mol. The number of H-pyrrole nitrogens is 1. The van der Waals surface area contributed by atoms with Gasteiger partial charge in [0.2, 0.25) is 0 Å². The fourth-order valence-electron chi connectivity index (χ4n) is 4.43. The van der Waals surface area contributed by atoms with E-state index in [2.05, 4.69) is 37.6 Å². The molecule has 0 aliphatic carbocycles. The SMILES string of the molecule is CCOc1ccc2[nH]c(=O)c(C(c3nnnn3Cc3ccco3)N3CCNC(C)C3)cc2c1. The van der Waals surface area contributed by atoms with Crippen LogP contribution >= 0.6 is 0 Å². The quantitative estimate of drug-likeness (QED) is 0.440. The summed E-state index contributed by atoms with van der Waals surface area (Å²) >= 11 is 0. The molecule has 2 unspecified atom stereocenters. The summed E-state index contributed by atoms with van der Waals surface area (Å²) in [6.07, 6.45) is 1.62. The van der Waals surface area contributed by atoms with Gasteiger partial charge in [0, 0.05) is 42.1 Å². The number of ether oxygens (including phenoxy) is 1. The maximum Gasteiger partial charge on any atom is 0.253 e. The Morgan fingerprint density at radius 1 is 1.30 bits per heavy atom. The molecule has 0 amide bonds. The van der Waals surface area contributed by atoms with Crippen molar-refractivity contribution in [1.82, 2.24) is 35.4 Å². The number of nitrogens with zero attached hydrogens (tertiary/aromatic N) is 5. The fraction of sp³-hybridized carbons (Fsp3) is 0.391. The molecule has 1 aliphatic heterocycles. The molecule has 0 spiro atoms. The number of hydrogen-bond acceptors (Lipinski definition) is 8. The Kier molecular flexibility index (Phi) is 5.93. The molecule has 4 aromatic rings. The number of nitrogens with one attached hydrogen (secondary N) is 2. The predicted molar refractivity (Wildman–Crippen MR) is 122 cm³/mol. The van der Waals surface area contributed by atoms with Crippen molar-refractivity contribution in [2.45, 2.75) is 32.5 Å². The van der Waals surface area contributed by atoms with E-state index in [0.717, 1.165) is 42.0 Å². The van der Waals surface area contributed by atoms with E-state index in [-0.39, 0.29) is 11.6 Å². The van der Waals surface area contributed by atoms with Gasteiger partial charge in [-0.1, -0.05) is 0 Å². The molecule has 1 aliphatic rings. The number of fused-ring (bicyclic) bond motifs is 1. The summed E-state index contributed by atoms with van der Waals surface area (Å²) in [7, 11) is 0. The van der Waals surface area contributed by atoms with Crippen molar-refractivity contribution in [2.75, 3.05) is 26.2 Å². The van der Waals surface area contributed by atoms with Gasteiger partial charge >= 0.3 is 0 Å². The van der Waals surface area contributed by atoms with Gasteiger partial charge in [-0.3, -0.25) is 9.69 Å². The van der Waals surface area contributed by atoms with Crippen molar-refractivity contribution in [3.05, 3.63) is 70.2 Å². The number of rotatable bonds is 7. The van der Waals surface area contributed by atoms with Crippen LogP contribution < -0.4 is 15.6 Å². The van der Waals surface area contributed by atoms with Gasteiger partial charge in [0.05, 0.1) is 12.9 Å². The summed E-state index contributed by atoms with van der Waals surface area (Å²) in [6.45, 7) is 7.38. The summed E-state index contributed by atoms with van der Waals surface area (Å²) in [5.74, 6) is 2.11. The molecule has 3 aromatic heterocycles. The van der Waals surface area contributed by atoms with Crippen LogP contribution in [0.25, 0.3) is 10.9 Å². The molecule has 10 heteroatoms. The molecule has 1 fully saturated rings. The molecular formula is C23H27N7O3. The molecule has 1 saturated heterocycles. The van der Waals surface area contributed by atoms with Crippen LogP contribution in [0.2, 0.25) is 0 Å². The molecule has 5 rings (SSSR count). The first-order valence-corrected chi connectivity index (χ1v) is 11.2. The first kappa shape index (κ1) is 21.4. The smallest absolute Gasteiger partial charge is 0.253 e. The molecule has 10 nitrogen and oxygen atoms in total. The average Bonchev–Trinajstić information content (AvgIpc) is 3.48. The third-order valence-corrected chi connectivity index (χ3v) is 5.91.